The van der Waals surface area contributed by atoms with Crippen molar-refractivity contribution in [2.24, 2.45) is 0 Å². The quantitative estimate of drug-likeness (QED) is 0.842. The molecule has 0 atom stereocenters. The molecule has 20 heavy (non-hydrogen) atoms. The average Bonchev–Trinajstić information content (AvgIpc) is 2.33. The number of benzene rings is 1. The molecule has 1 N–H and O–H groups in total. The van der Waals surface area contributed by atoms with Gasteiger partial charge in [-0.1, -0.05) is 29.3 Å². The lowest BCUT2D eigenvalue weighted by molar-refractivity contribution is 0.101. The lowest BCUT2D eigenvalue weighted by atomic mass is 10.1. The third-order valence-corrected chi connectivity index (χ3v) is 3.04. The molecule has 1 heterocycles. The van der Waals surface area contributed by atoms with Gasteiger partial charge in [-0.05, 0) is 30.7 Å². The van der Waals surface area contributed by atoms with E-state index in [1.54, 1.807) is 6.92 Å². The molecule has 1 aromatic carbocycles. The molecule has 0 aliphatic carbocycles. The van der Waals surface area contributed by atoms with Crippen molar-refractivity contribution in [2.45, 2.75) is 6.92 Å². The molecule has 1 aromatic heterocycles. The van der Waals surface area contributed by atoms with Crippen LogP contribution in [0.4, 0.5) is 14.5 Å². The van der Waals surface area contributed by atoms with Crippen molar-refractivity contribution in [3.63, 3.8) is 0 Å². The SMILES string of the molecule is Cc1cc(Cl)nc(Cl)c1NC(=O)c1c(F)cccc1F. The Morgan fingerprint density at radius 3 is 2.40 bits per heavy atom. The standard InChI is InChI=1S/C13H8Cl2F2N2O/c1-6-5-9(14)18-12(15)11(6)19-13(20)10-7(16)3-2-4-8(10)17/h2-5H,1H3,(H,19,20). The molecule has 0 radical (unpaired) electrons. The molecule has 0 bridgehead atoms. The van der Waals surface area contributed by atoms with Gasteiger partial charge < -0.3 is 5.32 Å². The van der Waals surface area contributed by atoms with Crippen LogP contribution < -0.4 is 5.32 Å². The lowest BCUT2D eigenvalue weighted by Crippen LogP contribution is -2.17. The van der Waals surface area contributed by atoms with E-state index in [1.165, 1.54) is 12.1 Å². The Hall–Kier alpha value is -1.72. The first-order valence-corrected chi connectivity index (χ1v) is 6.23. The van der Waals surface area contributed by atoms with Gasteiger partial charge >= 0.3 is 0 Å². The Morgan fingerprint density at radius 2 is 1.85 bits per heavy atom. The number of carbonyl (C=O) groups is 1. The second kappa shape index (κ2) is 5.73. The number of aryl methyl sites for hydroxylation is 1. The molecule has 0 spiro atoms. The third kappa shape index (κ3) is 2.89. The number of hydrogen-bond acceptors (Lipinski definition) is 2. The number of amides is 1. The van der Waals surface area contributed by atoms with E-state index in [1.807, 2.05) is 0 Å². The summed E-state index contributed by atoms with van der Waals surface area (Å²) in [4.78, 5) is 15.7. The zero-order valence-electron chi connectivity index (χ0n) is 10.2. The zero-order valence-corrected chi connectivity index (χ0v) is 11.7. The van der Waals surface area contributed by atoms with Gasteiger partial charge in [0, 0.05) is 0 Å². The van der Waals surface area contributed by atoms with E-state index in [0.29, 0.717) is 5.56 Å². The normalized spacial score (nSPS) is 10.4. The predicted octanol–water partition coefficient (Wildman–Crippen LogP) is 4.23. The lowest BCUT2D eigenvalue weighted by Gasteiger charge is -2.11. The molecule has 7 heteroatoms. The summed E-state index contributed by atoms with van der Waals surface area (Å²) in [6.07, 6.45) is 0. The molecule has 0 saturated heterocycles. The van der Waals surface area contributed by atoms with Gasteiger partial charge in [0.25, 0.3) is 5.91 Å². The number of pyridine rings is 1. The summed E-state index contributed by atoms with van der Waals surface area (Å²) < 4.78 is 27.0. The van der Waals surface area contributed by atoms with E-state index >= 15 is 0 Å². The monoisotopic (exact) mass is 316 g/mol. The highest BCUT2D eigenvalue weighted by Gasteiger charge is 2.19. The molecule has 0 aliphatic heterocycles. The Bertz CT molecular complexity index is 649. The van der Waals surface area contributed by atoms with E-state index in [-0.39, 0.29) is 16.0 Å². The van der Waals surface area contributed by atoms with Crippen LogP contribution in [0, 0.1) is 18.6 Å². The fraction of sp³-hybridized carbons (Fsp3) is 0.0769. The van der Waals surface area contributed by atoms with Gasteiger partial charge in [-0.15, -0.1) is 0 Å². The smallest absolute Gasteiger partial charge is 0.261 e. The first-order valence-electron chi connectivity index (χ1n) is 5.48. The van der Waals surface area contributed by atoms with Crippen molar-refractivity contribution in [3.05, 3.63) is 57.3 Å². The van der Waals surface area contributed by atoms with E-state index in [0.717, 1.165) is 12.1 Å². The Kier molecular flexibility index (Phi) is 4.20. The number of rotatable bonds is 2. The topological polar surface area (TPSA) is 42.0 Å². The van der Waals surface area contributed by atoms with E-state index in [9.17, 15) is 13.6 Å². The van der Waals surface area contributed by atoms with Crippen LogP contribution in [0.5, 0.6) is 0 Å². The number of nitrogens with zero attached hydrogens (tertiary/aromatic N) is 1. The molecule has 1 amide bonds. The molecule has 0 aliphatic rings. The molecule has 0 unspecified atom stereocenters. The molecule has 3 nitrogen and oxygen atoms in total. The number of anilines is 1. The summed E-state index contributed by atoms with van der Waals surface area (Å²) in [5, 5.41) is 2.43. The van der Waals surface area contributed by atoms with E-state index in [4.69, 9.17) is 23.2 Å². The van der Waals surface area contributed by atoms with Gasteiger partial charge in [-0.2, -0.15) is 0 Å². The van der Waals surface area contributed by atoms with Crippen LogP contribution >= 0.6 is 23.2 Å². The largest absolute Gasteiger partial charge is 0.319 e. The molecule has 2 rings (SSSR count). The summed E-state index contributed by atoms with van der Waals surface area (Å²) in [7, 11) is 0. The Morgan fingerprint density at radius 1 is 1.25 bits per heavy atom. The number of nitrogens with one attached hydrogen (secondary N) is 1. The molecular weight excluding hydrogens is 309 g/mol. The minimum Gasteiger partial charge on any atom is -0.319 e. The minimum absolute atomic E-state index is 0.0555. The highest BCUT2D eigenvalue weighted by molar-refractivity contribution is 6.35. The maximum absolute atomic E-state index is 13.5. The summed E-state index contributed by atoms with van der Waals surface area (Å²) >= 11 is 11.5. The maximum Gasteiger partial charge on any atom is 0.261 e. The minimum atomic E-state index is -0.960. The van der Waals surface area contributed by atoms with E-state index < -0.39 is 23.1 Å². The van der Waals surface area contributed by atoms with Crippen molar-refractivity contribution in [3.8, 4) is 0 Å². The van der Waals surface area contributed by atoms with Gasteiger partial charge in [-0.3, -0.25) is 4.79 Å². The van der Waals surface area contributed by atoms with Crippen LogP contribution in [0.25, 0.3) is 0 Å². The zero-order chi connectivity index (χ0) is 14.9. The van der Waals surface area contributed by atoms with Crippen LogP contribution in [0.15, 0.2) is 24.3 Å². The van der Waals surface area contributed by atoms with Crippen molar-refractivity contribution >= 4 is 34.8 Å². The fourth-order valence-corrected chi connectivity index (χ4v) is 2.22. The fourth-order valence-electron chi connectivity index (χ4n) is 1.64. The number of aromatic nitrogens is 1. The summed E-state index contributed by atoms with van der Waals surface area (Å²) in [5.74, 6) is -2.87. The number of halogens is 4. The first kappa shape index (κ1) is 14.7. The third-order valence-electron chi connectivity index (χ3n) is 2.57. The van der Waals surface area contributed by atoms with Crippen LogP contribution in [0.1, 0.15) is 15.9 Å². The Balaban J connectivity index is 2.38. The van der Waals surface area contributed by atoms with Gasteiger partial charge in [0.15, 0.2) is 5.15 Å². The van der Waals surface area contributed by atoms with Gasteiger partial charge in [0.2, 0.25) is 0 Å². The second-order valence-electron chi connectivity index (χ2n) is 3.98. The number of hydrogen-bond donors (Lipinski definition) is 1. The summed E-state index contributed by atoms with van der Waals surface area (Å²) in [6.45, 7) is 1.63. The highest BCUT2D eigenvalue weighted by Crippen LogP contribution is 2.27. The predicted molar refractivity (Wildman–Crippen MR) is 73.3 cm³/mol. The van der Waals surface area contributed by atoms with Gasteiger partial charge in [0.1, 0.15) is 22.4 Å². The Labute approximate surface area is 123 Å². The summed E-state index contributed by atoms with van der Waals surface area (Å²) in [6, 6.07) is 4.63. The molecule has 0 fully saturated rings. The van der Waals surface area contributed by atoms with Crippen LogP contribution in [0.3, 0.4) is 0 Å². The van der Waals surface area contributed by atoms with Gasteiger partial charge in [-0.25, -0.2) is 13.8 Å². The van der Waals surface area contributed by atoms with Crippen molar-refractivity contribution < 1.29 is 13.6 Å². The highest BCUT2D eigenvalue weighted by atomic mass is 35.5. The van der Waals surface area contributed by atoms with Crippen LogP contribution in [-0.2, 0) is 0 Å². The van der Waals surface area contributed by atoms with Crippen molar-refractivity contribution in [1.82, 2.24) is 4.98 Å². The average molecular weight is 317 g/mol. The number of carbonyl (C=O) groups excluding carboxylic acids is 1. The molecule has 2 aromatic rings. The van der Waals surface area contributed by atoms with Crippen molar-refractivity contribution in [1.29, 1.82) is 0 Å². The maximum atomic E-state index is 13.5. The van der Waals surface area contributed by atoms with Crippen LogP contribution in [-0.4, -0.2) is 10.9 Å². The van der Waals surface area contributed by atoms with Crippen LogP contribution in [0.2, 0.25) is 10.3 Å². The van der Waals surface area contributed by atoms with E-state index in [2.05, 4.69) is 10.3 Å². The second-order valence-corrected chi connectivity index (χ2v) is 4.72. The molecular formula is C13H8Cl2F2N2O. The molecule has 0 saturated carbocycles. The first-order chi connectivity index (χ1) is 9.40. The van der Waals surface area contributed by atoms with Crippen molar-refractivity contribution in [2.75, 3.05) is 5.32 Å². The molecule has 104 valence electrons. The van der Waals surface area contributed by atoms with Gasteiger partial charge in [0.05, 0.1) is 5.69 Å². The summed E-state index contributed by atoms with van der Waals surface area (Å²) in [5.41, 5.74) is 0.00161.